The third-order valence-corrected chi connectivity index (χ3v) is 6.47. The zero-order valence-electron chi connectivity index (χ0n) is 20.4. The molecule has 0 spiro atoms. The zero-order chi connectivity index (χ0) is 24.5. The number of anilines is 1. The van der Waals surface area contributed by atoms with Crippen LogP contribution in [0.3, 0.4) is 0 Å². The van der Waals surface area contributed by atoms with Crippen LogP contribution in [-0.2, 0) is 20.7 Å². The van der Waals surface area contributed by atoms with E-state index in [1.165, 1.54) is 6.42 Å². The third-order valence-electron chi connectivity index (χ3n) is 6.47. The molecule has 35 heavy (non-hydrogen) atoms. The number of methoxy groups -OCH3 is 1. The van der Waals surface area contributed by atoms with Crippen molar-refractivity contribution in [2.45, 2.75) is 38.3 Å². The van der Waals surface area contributed by atoms with Crippen molar-refractivity contribution in [3.8, 4) is 0 Å². The van der Waals surface area contributed by atoms with Crippen molar-refractivity contribution in [1.29, 1.82) is 0 Å². The first-order chi connectivity index (χ1) is 17.2. The van der Waals surface area contributed by atoms with Crippen molar-refractivity contribution in [3.05, 3.63) is 47.4 Å². The molecule has 190 valence electrons. The van der Waals surface area contributed by atoms with E-state index in [0.29, 0.717) is 31.9 Å². The van der Waals surface area contributed by atoms with Gasteiger partial charge in [0.05, 0.1) is 25.4 Å². The number of rotatable bonds is 11. The van der Waals surface area contributed by atoms with Gasteiger partial charge in [0.2, 0.25) is 6.41 Å². The molecular weight excluding hydrogens is 448 g/mol. The van der Waals surface area contributed by atoms with Gasteiger partial charge in [0.1, 0.15) is 12.0 Å². The number of hydrogen-bond acceptors (Lipinski definition) is 8. The number of carbonyl (C=O) groups is 2. The zero-order valence-corrected chi connectivity index (χ0v) is 20.4. The number of piperidine rings is 1. The molecule has 0 aromatic carbocycles. The van der Waals surface area contributed by atoms with Crippen molar-refractivity contribution < 1.29 is 19.1 Å². The van der Waals surface area contributed by atoms with Gasteiger partial charge in [-0.05, 0) is 55.9 Å². The minimum Gasteiger partial charge on any atom is -0.382 e. The molecular formula is C25H36N6O4. The number of fused-ring (bicyclic) bond motifs is 1. The second-order valence-electron chi connectivity index (χ2n) is 8.90. The molecule has 3 aliphatic heterocycles. The van der Waals surface area contributed by atoms with E-state index >= 15 is 0 Å². The third kappa shape index (κ3) is 6.46. The molecule has 3 aliphatic rings. The number of aryl methyl sites for hydroxylation is 1. The topological polar surface area (TPSA) is 99.3 Å². The summed E-state index contributed by atoms with van der Waals surface area (Å²) in [6.45, 7) is 4.69. The number of carbonyl (C=O) groups excluding carboxylic acids is 2. The molecule has 0 bridgehead atoms. The monoisotopic (exact) mass is 484 g/mol. The molecule has 1 unspecified atom stereocenters. The van der Waals surface area contributed by atoms with Gasteiger partial charge in [-0.3, -0.25) is 15.0 Å². The Morgan fingerprint density at radius 3 is 2.83 bits per heavy atom. The summed E-state index contributed by atoms with van der Waals surface area (Å²) in [5, 5.41) is 0. The van der Waals surface area contributed by atoms with Crippen molar-refractivity contribution in [1.82, 2.24) is 25.6 Å². The first-order valence-corrected chi connectivity index (χ1v) is 12.4. The maximum atomic E-state index is 13.0. The number of nitrogens with zero attached hydrogens (tertiary/aromatic N) is 4. The summed E-state index contributed by atoms with van der Waals surface area (Å²) >= 11 is 0. The van der Waals surface area contributed by atoms with E-state index in [1.807, 2.05) is 23.1 Å². The molecule has 0 saturated carbocycles. The van der Waals surface area contributed by atoms with E-state index in [-0.39, 0.29) is 12.1 Å². The van der Waals surface area contributed by atoms with Gasteiger partial charge in [0.15, 0.2) is 0 Å². The van der Waals surface area contributed by atoms with Gasteiger partial charge in [-0.25, -0.2) is 10.4 Å². The minimum absolute atomic E-state index is 0.0806. The lowest BCUT2D eigenvalue weighted by Crippen LogP contribution is -2.50. The van der Waals surface area contributed by atoms with Gasteiger partial charge >= 0.3 is 0 Å². The van der Waals surface area contributed by atoms with Crippen LogP contribution >= 0.6 is 0 Å². The second kappa shape index (κ2) is 12.8. The standard InChI is InChI=1S/C25H36N6O4/c1-34-14-15-35-13-8-27-28-23-17-22(7-12-30(23)19-32)31-11-5-6-20-16-21(18-26-24(20)31)25(33)29-9-3-2-4-10-29/h7,12,16-19,23,27-28H,2-6,8-11,13-15H2,1H3. The number of aromatic nitrogens is 1. The lowest BCUT2D eigenvalue weighted by atomic mass is 10.0. The largest absolute Gasteiger partial charge is 0.382 e. The van der Waals surface area contributed by atoms with E-state index in [2.05, 4.69) is 15.8 Å². The van der Waals surface area contributed by atoms with Crippen LogP contribution in [0, 0.1) is 0 Å². The Morgan fingerprint density at radius 1 is 1.17 bits per heavy atom. The Kier molecular flexibility index (Phi) is 9.24. The van der Waals surface area contributed by atoms with Crippen molar-refractivity contribution in [2.24, 2.45) is 0 Å². The Morgan fingerprint density at radius 2 is 2.03 bits per heavy atom. The molecule has 1 fully saturated rings. The van der Waals surface area contributed by atoms with E-state index in [0.717, 1.165) is 68.8 Å². The van der Waals surface area contributed by atoms with Crippen LogP contribution < -0.4 is 15.8 Å². The van der Waals surface area contributed by atoms with Crippen molar-refractivity contribution in [3.63, 3.8) is 0 Å². The van der Waals surface area contributed by atoms with Crippen LogP contribution in [0.4, 0.5) is 5.82 Å². The fraction of sp³-hybridized carbons (Fsp3) is 0.560. The fourth-order valence-electron chi connectivity index (χ4n) is 4.61. The number of allylic oxidation sites excluding steroid dienone is 1. The van der Waals surface area contributed by atoms with E-state index in [1.54, 1.807) is 24.4 Å². The fourth-order valence-corrected chi connectivity index (χ4v) is 4.61. The highest BCUT2D eigenvalue weighted by Gasteiger charge is 2.26. The summed E-state index contributed by atoms with van der Waals surface area (Å²) in [5.74, 6) is 0.956. The number of hydrazine groups is 1. The first kappa shape index (κ1) is 25.3. The van der Waals surface area contributed by atoms with Gasteiger partial charge in [-0.1, -0.05) is 0 Å². The summed E-state index contributed by atoms with van der Waals surface area (Å²) in [5.41, 5.74) is 9.01. The molecule has 0 aliphatic carbocycles. The predicted octanol–water partition coefficient (Wildman–Crippen LogP) is 1.41. The number of pyridine rings is 1. The van der Waals surface area contributed by atoms with Crippen LogP contribution in [0.15, 0.2) is 36.3 Å². The van der Waals surface area contributed by atoms with Gasteiger partial charge in [-0.15, -0.1) is 0 Å². The van der Waals surface area contributed by atoms with Gasteiger partial charge in [0, 0.05) is 51.4 Å². The van der Waals surface area contributed by atoms with E-state index in [4.69, 9.17) is 14.5 Å². The molecule has 1 aromatic rings. The number of hydrogen-bond donors (Lipinski definition) is 2. The lowest BCUT2D eigenvalue weighted by molar-refractivity contribution is -0.117. The summed E-state index contributed by atoms with van der Waals surface area (Å²) in [6, 6.07) is 2.01. The number of nitrogens with one attached hydrogen (secondary N) is 2. The van der Waals surface area contributed by atoms with Crippen molar-refractivity contribution >= 4 is 18.1 Å². The average molecular weight is 485 g/mol. The smallest absolute Gasteiger partial charge is 0.255 e. The molecule has 1 aromatic heterocycles. The highest BCUT2D eigenvalue weighted by atomic mass is 16.5. The molecule has 2 N–H and O–H groups in total. The second-order valence-corrected chi connectivity index (χ2v) is 8.90. The van der Waals surface area contributed by atoms with E-state index < -0.39 is 0 Å². The van der Waals surface area contributed by atoms with Crippen LogP contribution in [0.5, 0.6) is 0 Å². The average Bonchev–Trinajstić information content (AvgIpc) is 2.92. The highest BCUT2D eigenvalue weighted by Crippen LogP contribution is 2.30. The molecule has 10 nitrogen and oxygen atoms in total. The number of likely N-dealkylation sites (tertiary alicyclic amines) is 1. The lowest BCUT2D eigenvalue weighted by Gasteiger charge is -2.35. The van der Waals surface area contributed by atoms with Gasteiger partial charge in [-0.2, -0.15) is 0 Å². The first-order valence-electron chi connectivity index (χ1n) is 12.4. The number of ether oxygens (including phenoxy) is 2. The maximum absolute atomic E-state index is 13.0. The predicted molar refractivity (Wildman–Crippen MR) is 132 cm³/mol. The molecule has 0 radical (unpaired) electrons. The molecule has 2 amide bonds. The minimum atomic E-state index is -0.350. The molecule has 4 heterocycles. The summed E-state index contributed by atoms with van der Waals surface area (Å²) in [6.07, 6.45) is 13.0. The van der Waals surface area contributed by atoms with Crippen LogP contribution in [0.1, 0.15) is 41.6 Å². The summed E-state index contributed by atoms with van der Waals surface area (Å²) in [4.78, 5) is 34.9. The molecule has 1 atom stereocenters. The SMILES string of the molecule is COCCOCCNNC1C=C(N2CCCc3cc(C(=O)N4CCCCC4)cnc32)C=CN1C=O. The Labute approximate surface area is 206 Å². The van der Waals surface area contributed by atoms with Crippen LogP contribution in [0.25, 0.3) is 0 Å². The molecule has 4 rings (SSSR count). The number of amides is 2. The Balaban J connectivity index is 1.42. The summed E-state index contributed by atoms with van der Waals surface area (Å²) in [7, 11) is 1.64. The van der Waals surface area contributed by atoms with Gasteiger partial charge in [0.25, 0.3) is 5.91 Å². The molecule has 10 heteroatoms. The maximum Gasteiger partial charge on any atom is 0.255 e. The van der Waals surface area contributed by atoms with Gasteiger partial charge < -0.3 is 24.2 Å². The van der Waals surface area contributed by atoms with Crippen molar-refractivity contribution in [2.75, 3.05) is 58.0 Å². The van der Waals surface area contributed by atoms with Crippen LogP contribution in [-0.4, -0.2) is 86.4 Å². The quantitative estimate of drug-likeness (QED) is 0.276. The van der Waals surface area contributed by atoms with Crippen LogP contribution in [0.2, 0.25) is 0 Å². The Bertz CT molecular complexity index is 931. The molecule has 1 saturated heterocycles. The normalized spacial score (nSPS) is 20.0. The summed E-state index contributed by atoms with van der Waals surface area (Å²) < 4.78 is 10.4. The highest BCUT2D eigenvalue weighted by molar-refractivity contribution is 5.94. The van der Waals surface area contributed by atoms with E-state index in [9.17, 15) is 9.59 Å². The Hall–Kier alpha value is -2.79.